The van der Waals surface area contributed by atoms with Crippen molar-refractivity contribution in [3.63, 3.8) is 0 Å². The molecule has 0 amide bonds. The van der Waals surface area contributed by atoms with Crippen LogP contribution in [0.15, 0.2) is 53.1 Å². The maximum atomic E-state index is 6.17. The molecule has 30 heavy (non-hydrogen) atoms. The summed E-state index contributed by atoms with van der Waals surface area (Å²) in [4.78, 5) is 18.4. The van der Waals surface area contributed by atoms with Gasteiger partial charge in [-0.2, -0.15) is 9.50 Å². The molecule has 1 saturated heterocycles. The minimum Gasteiger partial charge on any atom is -0.461 e. The van der Waals surface area contributed by atoms with Gasteiger partial charge in [0.25, 0.3) is 0 Å². The predicted molar refractivity (Wildman–Crippen MR) is 117 cm³/mol. The van der Waals surface area contributed by atoms with Crippen LogP contribution in [0.4, 0.5) is 16.9 Å². The van der Waals surface area contributed by atoms with Gasteiger partial charge in [-0.3, -0.25) is 0 Å². The third kappa shape index (κ3) is 2.84. The number of hydrogen-bond acceptors (Lipinski definition) is 9. The lowest BCUT2D eigenvalue weighted by Crippen LogP contribution is -2.46. The number of aromatic nitrogens is 5. The largest absolute Gasteiger partial charge is 0.461 e. The van der Waals surface area contributed by atoms with Crippen LogP contribution in [0.25, 0.3) is 27.4 Å². The first-order valence-corrected chi connectivity index (χ1v) is 10.5. The Hall–Kier alpha value is -3.66. The van der Waals surface area contributed by atoms with Gasteiger partial charge in [0.15, 0.2) is 16.5 Å². The summed E-state index contributed by atoms with van der Waals surface area (Å²) in [7, 11) is 0. The second-order valence-corrected chi connectivity index (χ2v) is 8.10. The first-order valence-electron chi connectivity index (χ1n) is 9.67. The molecule has 6 rings (SSSR count). The smallest absolute Gasteiger partial charge is 0.225 e. The van der Waals surface area contributed by atoms with E-state index < -0.39 is 0 Å². The van der Waals surface area contributed by atoms with Gasteiger partial charge in [-0.15, -0.1) is 5.10 Å². The van der Waals surface area contributed by atoms with Gasteiger partial charge in [-0.05, 0) is 24.3 Å². The minimum atomic E-state index is 0.307. The lowest BCUT2D eigenvalue weighted by atomic mass is 10.3. The number of hydrogen-bond donors (Lipinski definition) is 1. The van der Waals surface area contributed by atoms with Gasteiger partial charge in [-0.1, -0.05) is 23.5 Å². The van der Waals surface area contributed by atoms with Crippen LogP contribution < -0.4 is 15.5 Å². The number of piperazine rings is 1. The average Bonchev–Trinajstić information content (AvgIpc) is 3.52. The van der Waals surface area contributed by atoms with Crippen molar-refractivity contribution >= 4 is 44.1 Å². The lowest BCUT2D eigenvalue weighted by molar-refractivity contribution is 0.577. The number of nitrogens with zero attached hydrogens (tertiary/aromatic N) is 7. The maximum Gasteiger partial charge on any atom is 0.225 e. The average molecular weight is 418 g/mol. The zero-order valence-corrected chi connectivity index (χ0v) is 16.8. The summed E-state index contributed by atoms with van der Waals surface area (Å²) in [6.45, 7) is 3.41. The molecule has 0 aliphatic carbocycles. The monoisotopic (exact) mass is 418 g/mol. The first-order chi connectivity index (χ1) is 14.7. The molecule has 0 radical (unpaired) electrons. The molecule has 9 nitrogen and oxygen atoms in total. The number of para-hydroxylation sites is 1. The Bertz CT molecular complexity index is 1300. The molecule has 0 unspecified atom stereocenters. The molecule has 0 bridgehead atoms. The number of furan rings is 1. The van der Waals surface area contributed by atoms with Crippen molar-refractivity contribution in [2.24, 2.45) is 0 Å². The number of fused-ring (bicyclic) bond motifs is 2. The standard InChI is InChI=1S/C20H18N8OS/c21-19-24-16(12-17-23-18(25-28(17)19)14-5-3-11-29-14)26-7-9-27(10-8-26)20-22-13-4-1-2-6-15(13)30-20/h1-6,11-12H,7-10H2,(H2,21,24). The minimum absolute atomic E-state index is 0.307. The van der Waals surface area contributed by atoms with E-state index >= 15 is 0 Å². The molecule has 4 aromatic heterocycles. The van der Waals surface area contributed by atoms with Gasteiger partial charge in [-0.25, -0.2) is 9.97 Å². The van der Waals surface area contributed by atoms with Crippen LogP contribution in [0.1, 0.15) is 0 Å². The van der Waals surface area contributed by atoms with Crippen molar-refractivity contribution in [1.29, 1.82) is 0 Å². The van der Waals surface area contributed by atoms with Crippen LogP contribution in [0, 0.1) is 0 Å². The summed E-state index contributed by atoms with van der Waals surface area (Å²) in [6.07, 6.45) is 1.60. The number of thiazole rings is 1. The van der Waals surface area contributed by atoms with Crippen LogP contribution in [-0.2, 0) is 0 Å². The van der Waals surface area contributed by atoms with E-state index in [0.29, 0.717) is 23.2 Å². The van der Waals surface area contributed by atoms with E-state index in [1.54, 1.807) is 28.2 Å². The van der Waals surface area contributed by atoms with Crippen LogP contribution >= 0.6 is 11.3 Å². The van der Waals surface area contributed by atoms with Crippen molar-refractivity contribution in [3.05, 3.63) is 48.7 Å². The highest BCUT2D eigenvalue weighted by atomic mass is 32.1. The normalized spacial score (nSPS) is 14.8. The first kappa shape index (κ1) is 17.2. The Morgan fingerprint density at radius 1 is 0.933 bits per heavy atom. The zero-order valence-electron chi connectivity index (χ0n) is 16.0. The van der Waals surface area contributed by atoms with E-state index in [0.717, 1.165) is 42.6 Å². The van der Waals surface area contributed by atoms with E-state index in [9.17, 15) is 0 Å². The number of benzene rings is 1. The molecule has 150 valence electrons. The molecule has 10 heteroatoms. The molecule has 5 aromatic rings. The number of anilines is 3. The molecule has 1 aromatic carbocycles. The Morgan fingerprint density at radius 3 is 2.57 bits per heavy atom. The summed E-state index contributed by atoms with van der Waals surface area (Å²) in [5.41, 5.74) is 7.87. The Balaban J connectivity index is 1.24. The Kier molecular flexibility index (Phi) is 3.85. The molecular formula is C20H18N8OS. The second kappa shape index (κ2) is 6.70. The van der Waals surface area contributed by atoms with E-state index in [1.807, 2.05) is 18.2 Å². The molecule has 0 atom stereocenters. The maximum absolute atomic E-state index is 6.17. The van der Waals surface area contributed by atoms with Gasteiger partial charge in [0.2, 0.25) is 11.8 Å². The van der Waals surface area contributed by atoms with Crippen LogP contribution in [0.2, 0.25) is 0 Å². The third-order valence-corrected chi connectivity index (χ3v) is 6.33. The summed E-state index contributed by atoms with van der Waals surface area (Å²) >= 11 is 1.74. The molecule has 1 aliphatic rings. The summed E-state index contributed by atoms with van der Waals surface area (Å²) in [5, 5.41) is 5.47. The SMILES string of the molecule is Nc1nc(N2CCN(c3nc4ccccc4s3)CC2)cc2nc(-c3ccco3)nn12. The van der Waals surface area contributed by atoms with E-state index in [1.165, 1.54) is 4.70 Å². The van der Waals surface area contributed by atoms with Crippen molar-refractivity contribution in [1.82, 2.24) is 24.6 Å². The van der Waals surface area contributed by atoms with Gasteiger partial charge >= 0.3 is 0 Å². The molecular weight excluding hydrogens is 400 g/mol. The highest BCUT2D eigenvalue weighted by molar-refractivity contribution is 7.22. The number of nitrogen functional groups attached to an aromatic ring is 1. The van der Waals surface area contributed by atoms with Gasteiger partial charge in [0, 0.05) is 32.2 Å². The summed E-state index contributed by atoms with van der Waals surface area (Å²) in [5.74, 6) is 2.21. The topological polar surface area (TPSA) is 102 Å². The summed E-state index contributed by atoms with van der Waals surface area (Å²) < 4.78 is 8.15. The van der Waals surface area contributed by atoms with Gasteiger partial charge in [0.1, 0.15) is 5.82 Å². The zero-order chi connectivity index (χ0) is 20.1. The Labute approximate surface area is 175 Å². The highest BCUT2D eigenvalue weighted by Gasteiger charge is 2.22. The van der Waals surface area contributed by atoms with Gasteiger partial charge < -0.3 is 20.0 Å². The second-order valence-electron chi connectivity index (χ2n) is 7.09. The Morgan fingerprint density at radius 2 is 1.77 bits per heavy atom. The van der Waals surface area contributed by atoms with Crippen LogP contribution in [-0.4, -0.2) is 50.7 Å². The van der Waals surface area contributed by atoms with Crippen molar-refractivity contribution in [3.8, 4) is 11.6 Å². The van der Waals surface area contributed by atoms with Crippen LogP contribution in [0.5, 0.6) is 0 Å². The lowest BCUT2D eigenvalue weighted by Gasteiger charge is -2.35. The van der Waals surface area contributed by atoms with Crippen LogP contribution in [0.3, 0.4) is 0 Å². The van der Waals surface area contributed by atoms with Crippen molar-refractivity contribution in [2.75, 3.05) is 41.7 Å². The molecule has 1 aliphatic heterocycles. The number of rotatable bonds is 3. The summed E-state index contributed by atoms with van der Waals surface area (Å²) in [6, 6.07) is 13.8. The predicted octanol–water partition coefficient (Wildman–Crippen LogP) is 2.90. The third-order valence-electron chi connectivity index (χ3n) is 5.23. The molecule has 0 spiro atoms. The van der Waals surface area contributed by atoms with Gasteiger partial charge in [0.05, 0.1) is 16.5 Å². The fraction of sp³-hybridized carbons (Fsp3) is 0.200. The highest BCUT2D eigenvalue weighted by Crippen LogP contribution is 2.30. The van der Waals surface area contributed by atoms with Crippen molar-refractivity contribution < 1.29 is 4.42 Å². The number of nitrogens with two attached hydrogens (primary N) is 1. The van der Waals surface area contributed by atoms with Crippen molar-refractivity contribution in [2.45, 2.75) is 0 Å². The molecule has 2 N–H and O–H groups in total. The van der Waals surface area contributed by atoms with E-state index in [2.05, 4.69) is 43.1 Å². The molecule has 1 fully saturated rings. The molecule has 0 saturated carbocycles. The van der Waals surface area contributed by atoms with E-state index in [-0.39, 0.29) is 0 Å². The fourth-order valence-corrected chi connectivity index (χ4v) is 4.71. The molecule has 5 heterocycles. The quantitative estimate of drug-likeness (QED) is 0.477. The van der Waals surface area contributed by atoms with E-state index in [4.69, 9.17) is 15.1 Å². The fourth-order valence-electron chi connectivity index (χ4n) is 3.69.